The van der Waals surface area contributed by atoms with E-state index in [1.807, 2.05) is 18.3 Å². The van der Waals surface area contributed by atoms with Crippen molar-refractivity contribution in [1.82, 2.24) is 5.17 Å². The van der Waals surface area contributed by atoms with Crippen LogP contribution in [0.15, 0.2) is 48.7 Å². The van der Waals surface area contributed by atoms with E-state index in [0.29, 0.717) is 6.54 Å². The number of benzene rings is 2. The van der Waals surface area contributed by atoms with Gasteiger partial charge in [0.15, 0.2) is 0 Å². The van der Waals surface area contributed by atoms with Crippen LogP contribution in [-0.4, -0.2) is 22.0 Å². The smallest absolute Gasteiger partial charge is 0.117 e. The second-order valence-corrected chi connectivity index (χ2v) is 5.32. The SMILES string of the molecule is Cc1cccc(C)c1C1=CN(c2cccc(O)c2)N(O)C1. The first-order chi connectivity index (χ1) is 10.1. The maximum atomic E-state index is 10.2. The van der Waals surface area contributed by atoms with Crippen molar-refractivity contribution < 1.29 is 10.3 Å². The van der Waals surface area contributed by atoms with E-state index in [-0.39, 0.29) is 5.75 Å². The lowest BCUT2D eigenvalue weighted by Crippen LogP contribution is -2.31. The number of hydroxylamine groups is 1. The molecule has 0 aliphatic carbocycles. The third kappa shape index (κ3) is 2.51. The van der Waals surface area contributed by atoms with Crippen LogP contribution in [-0.2, 0) is 0 Å². The van der Waals surface area contributed by atoms with Gasteiger partial charge in [-0.3, -0.25) is 10.2 Å². The van der Waals surface area contributed by atoms with Crippen LogP contribution in [0.25, 0.3) is 5.57 Å². The number of hydrazine groups is 1. The Kier molecular flexibility index (Phi) is 3.41. The van der Waals surface area contributed by atoms with Crippen molar-refractivity contribution in [2.45, 2.75) is 13.8 Å². The number of rotatable bonds is 2. The zero-order valence-corrected chi connectivity index (χ0v) is 12.1. The molecule has 4 heteroatoms. The highest BCUT2D eigenvalue weighted by Gasteiger charge is 2.24. The van der Waals surface area contributed by atoms with E-state index in [4.69, 9.17) is 0 Å². The third-order valence-electron chi connectivity index (χ3n) is 3.74. The molecule has 0 radical (unpaired) electrons. The van der Waals surface area contributed by atoms with Crippen molar-refractivity contribution in [1.29, 1.82) is 0 Å². The van der Waals surface area contributed by atoms with Gasteiger partial charge >= 0.3 is 0 Å². The minimum atomic E-state index is 0.176. The van der Waals surface area contributed by atoms with E-state index >= 15 is 0 Å². The van der Waals surface area contributed by atoms with E-state index in [1.54, 1.807) is 23.2 Å². The van der Waals surface area contributed by atoms with Crippen molar-refractivity contribution >= 4 is 11.3 Å². The summed E-state index contributed by atoms with van der Waals surface area (Å²) in [5.74, 6) is 0.176. The Balaban J connectivity index is 2.01. The van der Waals surface area contributed by atoms with E-state index in [0.717, 1.165) is 16.4 Å². The summed E-state index contributed by atoms with van der Waals surface area (Å²) in [6, 6.07) is 13.0. The Labute approximate surface area is 124 Å². The summed E-state index contributed by atoms with van der Waals surface area (Å²) in [4.78, 5) is 0. The first-order valence-electron chi connectivity index (χ1n) is 6.88. The average molecular weight is 282 g/mol. The monoisotopic (exact) mass is 282 g/mol. The molecule has 21 heavy (non-hydrogen) atoms. The molecule has 0 saturated carbocycles. The number of phenolic OH excluding ortho intramolecular Hbond substituents is 1. The van der Waals surface area contributed by atoms with Crippen LogP contribution < -0.4 is 5.01 Å². The Hall–Kier alpha value is -2.30. The van der Waals surface area contributed by atoms with Gasteiger partial charge in [-0.05, 0) is 48.2 Å². The largest absolute Gasteiger partial charge is 0.508 e. The normalized spacial score (nSPS) is 15.4. The van der Waals surface area contributed by atoms with E-state index in [2.05, 4.69) is 26.0 Å². The molecule has 0 spiro atoms. The van der Waals surface area contributed by atoms with Crippen molar-refractivity contribution in [3.05, 3.63) is 65.4 Å². The summed E-state index contributed by atoms with van der Waals surface area (Å²) in [6.07, 6.45) is 1.91. The maximum Gasteiger partial charge on any atom is 0.117 e. The fourth-order valence-corrected chi connectivity index (χ4v) is 2.79. The minimum absolute atomic E-state index is 0.176. The summed E-state index contributed by atoms with van der Waals surface area (Å²) in [5, 5.41) is 22.5. The molecule has 0 saturated heterocycles. The van der Waals surface area contributed by atoms with Crippen LogP contribution in [0.4, 0.5) is 5.69 Å². The molecular weight excluding hydrogens is 264 g/mol. The van der Waals surface area contributed by atoms with Gasteiger partial charge < -0.3 is 5.11 Å². The molecule has 4 nitrogen and oxygen atoms in total. The lowest BCUT2D eigenvalue weighted by molar-refractivity contribution is -0.0738. The minimum Gasteiger partial charge on any atom is -0.508 e. The van der Waals surface area contributed by atoms with Gasteiger partial charge in [-0.2, -0.15) is 0 Å². The Morgan fingerprint density at radius 2 is 1.67 bits per heavy atom. The lowest BCUT2D eigenvalue weighted by atomic mass is 9.96. The zero-order chi connectivity index (χ0) is 15.0. The van der Waals surface area contributed by atoms with E-state index < -0.39 is 0 Å². The summed E-state index contributed by atoms with van der Waals surface area (Å²) >= 11 is 0. The van der Waals surface area contributed by atoms with Crippen molar-refractivity contribution in [3.63, 3.8) is 0 Å². The summed E-state index contributed by atoms with van der Waals surface area (Å²) in [6.45, 7) is 4.56. The molecule has 0 bridgehead atoms. The molecule has 108 valence electrons. The van der Waals surface area contributed by atoms with Crippen LogP contribution in [0.3, 0.4) is 0 Å². The first-order valence-corrected chi connectivity index (χ1v) is 6.88. The highest BCUT2D eigenvalue weighted by atomic mass is 16.5. The second-order valence-electron chi connectivity index (χ2n) is 5.32. The number of phenols is 1. The van der Waals surface area contributed by atoms with E-state index in [9.17, 15) is 10.3 Å². The summed E-state index contributed by atoms with van der Waals surface area (Å²) < 4.78 is 0. The Morgan fingerprint density at radius 3 is 2.33 bits per heavy atom. The van der Waals surface area contributed by atoms with Crippen LogP contribution in [0.1, 0.15) is 16.7 Å². The number of hydrogen-bond donors (Lipinski definition) is 2. The van der Waals surface area contributed by atoms with Crippen LogP contribution in [0, 0.1) is 13.8 Å². The predicted molar refractivity (Wildman–Crippen MR) is 83.0 cm³/mol. The van der Waals surface area contributed by atoms with Gasteiger partial charge in [0, 0.05) is 12.3 Å². The second kappa shape index (κ2) is 5.24. The average Bonchev–Trinajstić information content (AvgIpc) is 2.80. The molecule has 1 aliphatic heterocycles. The van der Waals surface area contributed by atoms with Crippen molar-refractivity contribution in [2.24, 2.45) is 0 Å². The molecule has 1 aliphatic rings. The van der Waals surface area contributed by atoms with Crippen LogP contribution >= 0.6 is 0 Å². The van der Waals surface area contributed by atoms with Gasteiger partial charge in [0.05, 0.1) is 12.2 Å². The van der Waals surface area contributed by atoms with Gasteiger partial charge in [0.1, 0.15) is 5.75 Å². The van der Waals surface area contributed by atoms with Gasteiger partial charge in [-0.15, -0.1) is 0 Å². The first kappa shape index (κ1) is 13.7. The van der Waals surface area contributed by atoms with Crippen LogP contribution in [0.2, 0.25) is 0 Å². The molecule has 0 atom stereocenters. The van der Waals surface area contributed by atoms with Gasteiger partial charge in [-0.1, -0.05) is 29.4 Å². The number of aryl methyl sites for hydroxylation is 2. The predicted octanol–water partition coefficient (Wildman–Crippen LogP) is 3.48. The summed E-state index contributed by atoms with van der Waals surface area (Å²) in [5.41, 5.74) is 5.31. The molecule has 2 aromatic rings. The molecule has 2 aromatic carbocycles. The van der Waals surface area contributed by atoms with Crippen LogP contribution in [0.5, 0.6) is 5.75 Å². The highest BCUT2D eigenvalue weighted by Crippen LogP contribution is 2.32. The highest BCUT2D eigenvalue weighted by molar-refractivity contribution is 5.76. The Bertz CT molecular complexity index is 689. The zero-order valence-electron chi connectivity index (χ0n) is 12.1. The summed E-state index contributed by atoms with van der Waals surface area (Å²) in [7, 11) is 0. The molecule has 3 rings (SSSR count). The molecule has 0 fully saturated rings. The molecule has 2 N–H and O–H groups in total. The maximum absolute atomic E-state index is 10.2. The fourth-order valence-electron chi connectivity index (χ4n) is 2.79. The molecule has 1 heterocycles. The number of anilines is 1. The topological polar surface area (TPSA) is 46.9 Å². The van der Waals surface area contributed by atoms with Gasteiger partial charge in [-0.25, -0.2) is 0 Å². The lowest BCUT2D eigenvalue weighted by Gasteiger charge is -2.22. The molecular formula is C17H18N2O2. The standard InChI is InChI=1S/C17H18N2O2/c1-12-5-3-6-13(2)17(12)14-10-18(19(21)11-14)15-7-4-8-16(20)9-15/h3-10,20-21H,11H2,1-2H3. The Morgan fingerprint density at radius 1 is 1.00 bits per heavy atom. The number of hydrogen-bond acceptors (Lipinski definition) is 4. The van der Waals surface area contributed by atoms with E-state index in [1.165, 1.54) is 16.7 Å². The van der Waals surface area contributed by atoms with Gasteiger partial charge in [0.25, 0.3) is 0 Å². The number of nitrogens with zero attached hydrogens (tertiary/aromatic N) is 2. The molecule has 0 amide bonds. The third-order valence-corrected chi connectivity index (χ3v) is 3.74. The fraction of sp³-hybridized carbons (Fsp3) is 0.176. The number of aromatic hydroxyl groups is 1. The van der Waals surface area contributed by atoms with Crippen molar-refractivity contribution in [2.75, 3.05) is 11.6 Å². The quantitative estimate of drug-likeness (QED) is 0.885. The molecule has 0 unspecified atom stereocenters. The van der Waals surface area contributed by atoms with Crippen molar-refractivity contribution in [3.8, 4) is 5.75 Å². The molecule has 0 aromatic heterocycles. The van der Waals surface area contributed by atoms with Gasteiger partial charge in [0.2, 0.25) is 0 Å².